The van der Waals surface area contributed by atoms with Gasteiger partial charge in [-0.2, -0.15) is 0 Å². The van der Waals surface area contributed by atoms with Gasteiger partial charge in [-0.15, -0.1) is 0 Å². The monoisotopic (exact) mass is 260 g/mol. The van der Waals surface area contributed by atoms with Crippen molar-refractivity contribution in [3.63, 3.8) is 0 Å². The molecule has 5 nitrogen and oxygen atoms in total. The molecule has 0 spiro atoms. The summed E-state index contributed by atoms with van der Waals surface area (Å²) >= 11 is 0. The lowest BCUT2D eigenvalue weighted by Crippen LogP contribution is -2.37. The summed E-state index contributed by atoms with van der Waals surface area (Å²) in [7, 11) is 0. The number of rotatable bonds is 1. The molecule has 3 heterocycles. The fourth-order valence-corrected chi connectivity index (χ4v) is 3.12. The average molecular weight is 260 g/mol. The van der Waals surface area contributed by atoms with E-state index in [1.807, 2.05) is 0 Å². The van der Waals surface area contributed by atoms with Crippen molar-refractivity contribution in [2.75, 3.05) is 18.9 Å². The minimum Gasteiger partial charge on any atom is -0.383 e. The van der Waals surface area contributed by atoms with Crippen LogP contribution in [0.25, 0.3) is 11.0 Å². The van der Waals surface area contributed by atoms with Crippen molar-refractivity contribution in [1.82, 2.24) is 14.5 Å². The third-order valence-electron chi connectivity index (χ3n) is 4.43. The Bertz CT molecular complexity index is 626. The van der Waals surface area contributed by atoms with Gasteiger partial charge >= 0.3 is 0 Å². The van der Waals surface area contributed by atoms with E-state index < -0.39 is 0 Å². The lowest BCUT2D eigenvalue weighted by Gasteiger charge is -2.36. The molecule has 1 aliphatic heterocycles. The van der Waals surface area contributed by atoms with Gasteiger partial charge in [-0.1, -0.05) is 0 Å². The van der Waals surface area contributed by atoms with E-state index in [1.165, 1.54) is 11.3 Å². The molecule has 2 aromatic heterocycles. The lowest BCUT2D eigenvalue weighted by molar-refractivity contribution is 0.0304. The Morgan fingerprint density at radius 3 is 2.63 bits per heavy atom. The number of nitrogen functional groups attached to an aromatic ring is 1. The SMILES string of the molecule is Cc1c(C)n(C2(C)CCOCC2)c2ncnc(N)c12. The Morgan fingerprint density at radius 2 is 1.95 bits per heavy atom. The fourth-order valence-electron chi connectivity index (χ4n) is 3.12. The molecule has 19 heavy (non-hydrogen) atoms. The molecule has 0 bridgehead atoms. The maximum absolute atomic E-state index is 6.02. The van der Waals surface area contributed by atoms with Crippen LogP contribution in [-0.2, 0) is 10.3 Å². The van der Waals surface area contributed by atoms with Gasteiger partial charge in [-0.05, 0) is 39.2 Å². The average Bonchev–Trinajstić information content (AvgIpc) is 2.64. The minimum absolute atomic E-state index is 0.0512. The summed E-state index contributed by atoms with van der Waals surface area (Å²) in [6.07, 6.45) is 3.55. The topological polar surface area (TPSA) is 66.0 Å². The Labute approximate surface area is 112 Å². The number of nitrogens with two attached hydrogens (primary N) is 1. The second-order valence-corrected chi connectivity index (χ2v) is 5.61. The molecule has 2 N–H and O–H groups in total. The van der Waals surface area contributed by atoms with Gasteiger partial charge in [0, 0.05) is 24.4 Å². The van der Waals surface area contributed by atoms with Gasteiger partial charge in [0.05, 0.1) is 5.39 Å². The van der Waals surface area contributed by atoms with E-state index in [9.17, 15) is 0 Å². The molecule has 0 unspecified atom stereocenters. The van der Waals surface area contributed by atoms with E-state index in [2.05, 4.69) is 35.3 Å². The van der Waals surface area contributed by atoms with Crippen LogP contribution in [0.5, 0.6) is 0 Å². The van der Waals surface area contributed by atoms with E-state index >= 15 is 0 Å². The van der Waals surface area contributed by atoms with Crippen LogP contribution in [0, 0.1) is 13.8 Å². The molecule has 3 rings (SSSR count). The predicted molar refractivity (Wildman–Crippen MR) is 75.1 cm³/mol. The highest BCUT2D eigenvalue weighted by Crippen LogP contribution is 2.37. The van der Waals surface area contributed by atoms with Crippen molar-refractivity contribution in [2.45, 2.75) is 39.2 Å². The molecule has 1 fully saturated rings. The van der Waals surface area contributed by atoms with Gasteiger partial charge < -0.3 is 15.0 Å². The molecule has 0 aromatic carbocycles. The van der Waals surface area contributed by atoms with Gasteiger partial charge in [-0.25, -0.2) is 9.97 Å². The van der Waals surface area contributed by atoms with Crippen LogP contribution in [0.4, 0.5) is 5.82 Å². The Morgan fingerprint density at radius 1 is 1.26 bits per heavy atom. The number of ether oxygens (including phenoxy) is 1. The molecule has 0 atom stereocenters. The molecular weight excluding hydrogens is 240 g/mol. The molecule has 0 saturated carbocycles. The van der Waals surface area contributed by atoms with Gasteiger partial charge in [0.15, 0.2) is 0 Å². The van der Waals surface area contributed by atoms with E-state index in [-0.39, 0.29) is 5.54 Å². The second-order valence-electron chi connectivity index (χ2n) is 5.61. The van der Waals surface area contributed by atoms with Crippen molar-refractivity contribution < 1.29 is 4.74 Å². The van der Waals surface area contributed by atoms with Crippen molar-refractivity contribution in [3.8, 4) is 0 Å². The van der Waals surface area contributed by atoms with Crippen LogP contribution >= 0.6 is 0 Å². The van der Waals surface area contributed by atoms with Gasteiger partial charge in [-0.3, -0.25) is 0 Å². The van der Waals surface area contributed by atoms with Crippen LogP contribution in [0.2, 0.25) is 0 Å². The highest BCUT2D eigenvalue weighted by molar-refractivity contribution is 5.91. The van der Waals surface area contributed by atoms with Gasteiger partial charge in [0.1, 0.15) is 17.8 Å². The zero-order valence-electron chi connectivity index (χ0n) is 11.7. The van der Waals surface area contributed by atoms with Gasteiger partial charge in [0.2, 0.25) is 0 Å². The third-order valence-corrected chi connectivity index (χ3v) is 4.43. The maximum Gasteiger partial charge on any atom is 0.146 e. The fraction of sp³-hybridized carbons (Fsp3) is 0.571. The lowest BCUT2D eigenvalue weighted by atomic mass is 9.92. The number of hydrogen-bond acceptors (Lipinski definition) is 4. The molecule has 2 aromatic rings. The number of anilines is 1. The number of fused-ring (bicyclic) bond motifs is 1. The smallest absolute Gasteiger partial charge is 0.146 e. The summed E-state index contributed by atoms with van der Waals surface area (Å²) in [6.45, 7) is 8.11. The number of hydrogen-bond donors (Lipinski definition) is 1. The Hall–Kier alpha value is -1.62. The summed E-state index contributed by atoms with van der Waals surface area (Å²) < 4.78 is 7.83. The first-order valence-corrected chi connectivity index (χ1v) is 6.71. The van der Waals surface area contributed by atoms with E-state index in [0.717, 1.165) is 37.1 Å². The van der Waals surface area contributed by atoms with Crippen LogP contribution in [-0.4, -0.2) is 27.7 Å². The molecular formula is C14H20N4O. The molecule has 0 radical (unpaired) electrons. The summed E-state index contributed by atoms with van der Waals surface area (Å²) in [5.74, 6) is 0.569. The Kier molecular flexibility index (Phi) is 2.74. The van der Waals surface area contributed by atoms with E-state index in [1.54, 1.807) is 6.33 Å². The van der Waals surface area contributed by atoms with Crippen molar-refractivity contribution in [1.29, 1.82) is 0 Å². The highest BCUT2D eigenvalue weighted by atomic mass is 16.5. The largest absolute Gasteiger partial charge is 0.383 e. The standard InChI is InChI=1S/C14H20N4O/c1-9-10(2)18(14(3)4-6-19-7-5-14)13-11(9)12(15)16-8-17-13/h8H,4-7H2,1-3H3,(H2,15,16,17). The molecule has 5 heteroatoms. The van der Waals surface area contributed by atoms with Crippen molar-refractivity contribution in [2.24, 2.45) is 0 Å². The first kappa shape index (κ1) is 12.4. The highest BCUT2D eigenvalue weighted by Gasteiger charge is 2.33. The minimum atomic E-state index is 0.0512. The quantitative estimate of drug-likeness (QED) is 0.853. The van der Waals surface area contributed by atoms with E-state index in [4.69, 9.17) is 10.5 Å². The number of aromatic nitrogens is 3. The van der Waals surface area contributed by atoms with Crippen LogP contribution in [0.15, 0.2) is 6.33 Å². The summed E-state index contributed by atoms with van der Waals surface area (Å²) in [5, 5.41) is 0.993. The van der Waals surface area contributed by atoms with Crippen LogP contribution in [0.1, 0.15) is 31.0 Å². The number of aryl methyl sites for hydroxylation is 1. The molecule has 0 aliphatic carbocycles. The normalized spacial score (nSPS) is 18.9. The Balaban J connectivity index is 2.29. The second kappa shape index (κ2) is 4.20. The van der Waals surface area contributed by atoms with Gasteiger partial charge in [0.25, 0.3) is 0 Å². The van der Waals surface area contributed by atoms with Crippen molar-refractivity contribution in [3.05, 3.63) is 17.6 Å². The number of nitrogens with zero attached hydrogens (tertiary/aromatic N) is 3. The molecule has 1 saturated heterocycles. The molecule has 1 aliphatic rings. The van der Waals surface area contributed by atoms with E-state index in [0.29, 0.717) is 5.82 Å². The summed E-state index contributed by atoms with van der Waals surface area (Å²) in [4.78, 5) is 8.59. The molecule has 102 valence electrons. The van der Waals surface area contributed by atoms with Crippen LogP contribution in [0.3, 0.4) is 0 Å². The third kappa shape index (κ3) is 1.72. The van der Waals surface area contributed by atoms with Crippen LogP contribution < -0.4 is 5.73 Å². The zero-order valence-corrected chi connectivity index (χ0v) is 11.7. The maximum atomic E-state index is 6.02. The first-order chi connectivity index (χ1) is 9.04. The summed E-state index contributed by atoms with van der Waals surface area (Å²) in [6, 6.07) is 0. The first-order valence-electron chi connectivity index (χ1n) is 6.71. The predicted octanol–water partition coefficient (Wildman–Crippen LogP) is 2.16. The zero-order chi connectivity index (χ0) is 13.6. The van der Waals surface area contributed by atoms with Crippen molar-refractivity contribution >= 4 is 16.9 Å². The molecule has 0 amide bonds. The summed E-state index contributed by atoms with van der Waals surface area (Å²) in [5.41, 5.74) is 9.43.